The molecular weight excluding hydrogens is 1670 g/mol. The van der Waals surface area contributed by atoms with Crippen molar-refractivity contribution >= 4 is 80.4 Å². The minimum atomic E-state index is -0.0992. The molecule has 0 unspecified atom stereocenters. The van der Waals surface area contributed by atoms with E-state index in [9.17, 15) is 19.2 Å². The molecular formula is C115H104N16O4. The molecule has 21 rings (SSSR count). The van der Waals surface area contributed by atoms with Gasteiger partial charge >= 0.3 is 0 Å². The quantitative estimate of drug-likeness (QED) is 0.0276. The molecule has 0 radical (unpaired) electrons. The number of benzene rings is 13. The van der Waals surface area contributed by atoms with E-state index in [-0.39, 0.29) is 30.0 Å². The predicted molar refractivity (Wildman–Crippen MR) is 541 cm³/mol. The van der Waals surface area contributed by atoms with Crippen LogP contribution in [0.25, 0.3) is 55.8 Å². The number of hydrogen-bond acceptors (Lipinski definition) is 16. The lowest BCUT2D eigenvalue weighted by Gasteiger charge is -2.21. The fourth-order valence-electron chi connectivity index (χ4n) is 17.9. The first kappa shape index (κ1) is 89.1. The van der Waals surface area contributed by atoms with E-state index in [0.29, 0.717) is 74.6 Å². The Labute approximate surface area is 785 Å². The zero-order valence-electron chi connectivity index (χ0n) is 75.1. The SMILES string of the molecule is Nc1ccc2c(c1)CCc1nc(NC(=O)CCCc3ccccc3)c(Cc3ccccc3)nc1-2.Nc1ccc2c(c1)CCc1nc(NC(=O)CCc3ccccc3)c(Cc3ccccc3)nc1-2.Nc1ccc2c(c1)CCc1nc(NC(=O)Cc3ccc4ccccc4c3)c(Cc3ccccc3)nc1-2.Nc1ccc2c(c1)CCc1nc(NC(=O)Cc3ccccc3)c(Cc3ccccc3)nc1-2. The van der Waals surface area contributed by atoms with Crippen LogP contribution in [0.2, 0.25) is 0 Å². The van der Waals surface area contributed by atoms with Crippen LogP contribution >= 0.6 is 0 Å². The summed E-state index contributed by atoms with van der Waals surface area (Å²) in [5.74, 6) is 1.96. The summed E-state index contributed by atoms with van der Waals surface area (Å²) >= 11 is 0. The van der Waals surface area contributed by atoms with Crippen LogP contribution in [-0.2, 0) is 122 Å². The normalized spacial score (nSPS) is 12.0. The smallest absolute Gasteiger partial charge is 0.229 e. The molecule has 12 N–H and O–H groups in total. The van der Waals surface area contributed by atoms with Crippen molar-refractivity contribution in [2.75, 3.05) is 44.2 Å². The summed E-state index contributed by atoms with van der Waals surface area (Å²) in [7, 11) is 0. The van der Waals surface area contributed by atoms with Crippen LogP contribution in [0.15, 0.2) is 328 Å². The van der Waals surface area contributed by atoms with Crippen molar-refractivity contribution in [1.29, 1.82) is 0 Å². The van der Waals surface area contributed by atoms with E-state index in [4.69, 9.17) is 62.8 Å². The fourth-order valence-corrected chi connectivity index (χ4v) is 17.9. The van der Waals surface area contributed by atoms with Crippen LogP contribution in [0.5, 0.6) is 0 Å². The third kappa shape index (κ3) is 22.8. The van der Waals surface area contributed by atoms with Crippen molar-refractivity contribution in [3.05, 3.63) is 440 Å². The van der Waals surface area contributed by atoms with Gasteiger partial charge in [0.2, 0.25) is 23.6 Å². The summed E-state index contributed by atoms with van der Waals surface area (Å²) in [6.07, 6.45) is 12.7. The number of carbonyl (C=O) groups is 4. The highest BCUT2D eigenvalue weighted by atomic mass is 16.2. The molecule has 20 heteroatoms. The maximum atomic E-state index is 13.1. The molecule has 0 bridgehead atoms. The van der Waals surface area contributed by atoms with Crippen LogP contribution in [0.3, 0.4) is 0 Å². The number of carbonyl (C=O) groups excluding carboxylic acids is 4. The van der Waals surface area contributed by atoms with E-state index in [1.54, 1.807) is 0 Å². The van der Waals surface area contributed by atoms with Gasteiger partial charge in [-0.2, -0.15) is 0 Å². The topological polar surface area (TPSA) is 324 Å². The fraction of sp³-hybridized carbons (Fsp3) is 0.165. The van der Waals surface area contributed by atoms with E-state index in [0.717, 1.165) is 227 Å². The predicted octanol–water partition coefficient (Wildman–Crippen LogP) is 20.7. The average molecular weight is 1770 g/mol. The Bertz CT molecular complexity index is 7160. The summed E-state index contributed by atoms with van der Waals surface area (Å²) < 4.78 is 0. The number of amides is 4. The molecule has 668 valence electrons. The molecule has 17 aromatic rings. The molecule has 4 amide bonds. The van der Waals surface area contributed by atoms with Crippen LogP contribution in [-0.4, -0.2) is 63.5 Å². The number of aromatic nitrogens is 8. The average Bonchev–Trinajstić information content (AvgIpc) is 0.781. The summed E-state index contributed by atoms with van der Waals surface area (Å²) in [5, 5.41) is 14.5. The van der Waals surface area contributed by atoms with Gasteiger partial charge in [-0.25, -0.2) is 39.9 Å². The van der Waals surface area contributed by atoms with E-state index < -0.39 is 0 Å². The maximum absolute atomic E-state index is 13.1. The standard InChI is InChI=1S/C31H26N4O.C29H28N4O.C28H26N4O.C27H24N4O/c32-25-13-14-26-24(19-25)12-15-27-30(26)33-28(17-20-6-2-1-3-7-20)31(34-27)35-29(36)18-21-10-11-22-8-4-5-9-23(22)16-21;30-23-15-16-24-22(19-23)14-17-25-28(24)31-26(18-21-10-5-2-6-11-21)29(32-25)33-27(34)13-7-12-20-8-3-1-4-9-20;29-22-13-14-23-21(18-22)12-15-24-27(23)30-25(17-20-9-5-2-6-10-20)28(31-24)32-26(33)16-11-19-7-3-1-4-8-19;28-21-12-13-22-20(17-21)11-14-23-26(22)29-24(15-18-7-3-1-4-8-18)27(30-23)31-25(32)16-19-9-5-2-6-10-19/h1-11,13-14,16,19H,12,15,17-18,32H2,(H,34,35,36);1-6,8-11,15-16,19H,7,12-14,17-18,30H2,(H,32,33,34);1-10,13-14,18H,11-12,15-17,29H2,(H,31,32,33);1-10,12-13,17H,11,14-16,28H2,(H,30,31,32). The Balaban J connectivity index is 0.000000120. The highest BCUT2D eigenvalue weighted by Gasteiger charge is 2.29. The van der Waals surface area contributed by atoms with Gasteiger partial charge in [0.25, 0.3) is 0 Å². The second-order valence-corrected chi connectivity index (χ2v) is 34.6. The number of nitrogens with one attached hydrogen (secondary N) is 4. The molecule has 0 spiro atoms. The van der Waals surface area contributed by atoms with Gasteiger partial charge in [0.05, 0.1) is 81.2 Å². The zero-order chi connectivity index (χ0) is 92.4. The Morgan fingerprint density at radius 3 is 0.844 bits per heavy atom. The second kappa shape index (κ2) is 42.2. The monoisotopic (exact) mass is 1770 g/mol. The first-order chi connectivity index (χ1) is 66.1. The van der Waals surface area contributed by atoms with Gasteiger partial charge in [0.15, 0.2) is 23.3 Å². The molecule has 0 saturated heterocycles. The Morgan fingerprint density at radius 1 is 0.237 bits per heavy atom. The summed E-state index contributed by atoms with van der Waals surface area (Å²) in [6.45, 7) is 0. The Hall–Kier alpha value is -16.5. The Morgan fingerprint density at radius 2 is 0.511 bits per heavy atom. The van der Waals surface area contributed by atoms with E-state index >= 15 is 0 Å². The number of anilines is 8. The van der Waals surface area contributed by atoms with E-state index in [1.165, 1.54) is 27.8 Å². The van der Waals surface area contributed by atoms with Crippen LogP contribution < -0.4 is 44.2 Å². The highest BCUT2D eigenvalue weighted by Crippen LogP contribution is 2.40. The van der Waals surface area contributed by atoms with Crippen LogP contribution in [0.1, 0.15) is 132 Å². The van der Waals surface area contributed by atoms with E-state index in [1.807, 2.05) is 243 Å². The molecule has 20 nitrogen and oxygen atoms in total. The molecule has 0 fully saturated rings. The van der Waals surface area contributed by atoms with Crippen molar-refractivity contribution < 1.29 is 19.2 Å². The van der Waals surface area contributed by atoms with Gasteiger partial charge in [-0.1, -0.05) is 279 Å². The molecule has 135 heavy (non-hydrogen) atoms. The molecule has 13 aromatic carbocycles. The lowest BCUT2D eigenvalue weighted by atomic mass is 9.91. The number of nitrogen functional groups attached to an aromatic ring is 4. The molecule has 4 aliphatic rings. The molecule has 0 atom stereocenters. The van der Waals surface area contributed by atoms with Gasteiger partial charge in [-0.05, 0) is 197 Å². The summed E-state index contributed by atoms with van der Waals surface area (Å²) in [5.41, 5.74) is 55.3. The third-order valence-corrected chi connectivity index (χ3v) is 24.7. The lowest BCUT2D eigenvalue weighted by Crippen LogP contribution is -2.20. The molecule has 4 aromatic heterocycles. The number of hydrogen-bond donors (Lipinski definition) is 8. The zero-order valence-corrected chi connectivity index (χ0v) is 75.1. The largest absolute Gasteiger partial charge is 0.399 e. The van der Waals surface area contributed by atoms with Crippen LogP contribution in [0, 0.1) is 0 Å². The molecule has 4 aliphatic carbocycles. The first-order valence-electron chi connectivity index (χ1n) is 46.2. The van der Waals surface area contributed by atoms with Gasteiger partial charge in [-0.3, -0.25) is 19.2 Å². The van der Waals surface area contributed by atoms with Gasteiger partial charge in [0, 0.05) is 83.5 Å². The summed E-state index contributed by atoms with van der Waals surface area (Å²) in [6, 6.07) is 109. The minimum absolute atomic E-state index is 0.0246. The van der Waals surface area contributed by atoms with Gasteiger partial charge < -0.3 is 44.2 Å². The first-order valence-corrected chi connectivity index (χ1v) is 46.2. The molecule has 4 heterocycles. The second-order valence-electron chi connectivity index (χ2n) is 34.6. The van der Waals surface area contributed by atoms with Crippen molar-refractivity contribution in [1.82, 2.24) is 39.9 Å². The third-order valence-electron chi connectivity index (χ3n) is 24.7. The Kier molecular flexibility index (Phi) is 27.8. The van der Waals surface area contributed by atoms with Gasteiger partial charge in [-0.15, -0.1) is 0 Å². The number of fused-ring (bicyclic) bond motifs is 13. The summed E-state index contributed by atoms with van der Waals surface area (Å²) in [4.78, 5) is 91.3. The van der Waals surface area contributed by atoms with E-state index in [2.05, 4.69) is 106 Å². The maximum Gasteiger partial charge on any atom is 0.229 e. The van der Waals surface area contributed by atoms with Gasteiger partial charge in [0.1, 0.15) is 0 Å². The lowest BCUT2D eigenvalue weighted by molar-refractivity contribution is -0.117. The van der Waals surface area contributed by atoms with Crippen molar-refractivity contribution in [3.8, 4) is 45.0 Å². The highest BCUT2D eigenvalue weighted by molar-refractivity contribution is 5.95. The van der Waals surface area contributed by atoms with Crippen molar-refractivity contribution in [3.63, 3.8) is 0 Å². The molecule has 0 saturated carbocycles. The number of nitrogens with zero attached hydrogens (tertiary/aromatic N) is 8. The minimum Gasteiger partial charge on any atom is -0.399 e. The van der Waals surface area contributed by atoms with Crippen molar-refractivity contribution in [2.24, 2.45) is 0 Å². The number of nitrogens with two attached hydrogens (primary N) is 4. The molecule has 0 aliphatic heterocycles. The number of aryl methyl sites for hydroxylation is 10. The van der Waals surface area contributed by atoms with Crippen LogP contribution in [0.4, 0.5) is 46.0 Å². The number of rotatable bonds is 23. The van der Waals surface area contributed by atoms with Crippen molar-refractivity contribution in [2.45, 2.75) is 122 Å².